The Labute approximate surface area is 116 Å². The van der Waals surface area contributed by atoms with Gasteiger partial charge in [-0.15, -0.1) is 0 Å². The van der Waals surface area contributed by atoms with Gasteiger partial charge in [-0.25, -0.2) is 0 Å². The molecule has 102 valence electrons. The highest BCUT2D eigenvalue weighted by Crippen LogP contribution is 2.06. The lowest BCUT2D eigenvalue weighted by Gasteiger charge is -2.03. The summed E-state index contributed by atoms with van der Waals surface area (Å²) in [7, 11) is 0. The largest absolute Gasteiger partial charge is 0.349 e. The highest BCUT2D eigenvalue weighted by molar-refractivity contribution is 5.94. The summed E-state index contributed by atoms with van der Waals surface area (Å²) < 4.78 is 0. The number of carbonyl (C=O) groups is 1. The minimum atomic E-state index is -0.0195. The normalized spacial score (nSPS) is 11.0. The Balaban J connectivity index is 2.33. The average molecular weight is 257 g/mol. The van der Waals surface area contributed by atoms with Crippen molar-refractivity contribution in [2.45, 2.75) is 33.6 Å². The van der Waals surface area contributed by atoms with E-state index >= 15 is 0 Å². The smallest absolute Gasteiger partial charge is 0.251 e. The van der Waals surface area contributed by atoms with Crippen LogP contribution in [-0.2, 0) is 0 Å². The Kier molecular flexibility index (Phi) is 6.65. The topological polar surface area (TPSA) is 29.1 Å². The van der Waals surface area contributed by atoms with Crippen LogP contribution in [0.4, 0.5) is 0 Å². The van der Waals surface area contributed by atoms with Gasteiger partial charge >= 0.3 is 0 Å². The van der Waals surface area contributed by atoms with E-state index in [2.05, 4.69) is 38.2 Å². The Morgan fingerprint density at radius 1 is 1.11 bits per heavy atom. The third kappa shape index (κ3) is 6.61. The number of benzene rings is 1. The Morgan fingerprint density at radius 2 is 1.79 bits per heavy atom. The summed E-state index contributed by atoms with van der Waals surface area (Å²) in [6.07, 6.45) is 6.43. The lowest BCUT2D eigenvalue weighted by molar-refractivity contribution is 0.0958. The van der Waals surface area contributed by atoms with E-state index in [1.807, 2.05) is 30.3 Å². The lowest BCUT2D eigenvalue weighted by atomic mass is 10.1. The molecule has 0 fully saturated rings. The van der Waals surface area contributed by atoms with Gasteiger partial charge in [0.15, 0.2) is 0 Å². The first-order chi connectivity index (χ1) is 9.09. The first-order valence-electron chi connectivity index (χ1n) is 6.72. The predicted octanol–water partition coefficient (Wildman–Crippen LogP) is 4.11. The van der Waals surface area contributed by atoms with Gasteiger partial charge in [-0.1, -0.05) is 41.5 Å². The fourth-order valence-electron chi connectivity index (χ4n) is 1.70. The maximum atomic E-state index is 11.8. The van der Waals surface area contributed by atoms with Crippen molar-refractivity contribution in [1.29, 1.82) is 0 Å². The molecule has 1 aromatic rings. The second-order valence-corrected chi connectivity index (χ2v) is 4.95. The Bertz CT molecular complexity index is 453. The molecule has 0 aliphatic heterocycles. The van der Waals surface area contributed by atoms with Gasteiger partial charge in [0.05, 0.1) is 0 Å². The van der Waals surface area contributed by atoms with Crippen molar-refractivity contribution >= 4 is 5.91 Å². The summed E-state index contributed by atoms with van der Waals surface area (Å²) in [6.45, 7) is 6.92. The maximum absolute atomic E-state index is 11.8. The van der Waals surface area contributed by atoms with Gasteiger partial charge in [0.25, 0.3) is 5.91 Å². The SMILES string of the molecule is CC(C)=CCCC(C)=CCNC(=O)c1ccccc1. The van der Waals surface area contributed by atoms with Crippen LogP contribution in [0.2, 0.25) is 0 Å². The molecule has 2 heteroatoms. The highest BCUT2D eigenvalue weighted by Gasteiger charge is 2.01. The molecule has 0 saturated heterocycles. The van der Waals surface area contributed by atoms with E-state index in [0.29, 0.717) is 12.1 Å². The first kappa shape index (κ1) is 15.2. The summed E-state index contributed by atoms with van der Waals surface area (Å²) >= 11 is 0. The van der Waals surface area contributed by atoms with Crippen molar-refractivity contribution in [3.63, 3.8) is 0 Å². The molecule has 0 aliphatic rings. The molecule has 0 spiro atoms. The van der Waals surface area contributed by atoms with Crippen LogP contribution in [0.1, 0.15) is 44.0 Å². The number of amides is 1. The fourth-order valence-corrected chi connectivity index (χ4v) is 1.70. The zero-order valence-electron chi connectivity index (χ0n) is 12.1. The van der Waals surface area contributed by atoms with E-state index in [0.717, 1.165) is 12.8 Å². The molecular formula is C17H23NO. The number of hydrogen-bond acceptors (Lipinski definition) is 1. The van der Waals surface area contributed by atoms with Crippen LogP contribution in [0, 0.1) is 0 Å². The fraction of sp³-hybridized carbons (Fsp3) is 0.353. The van der Waals surface area contributed by atoms with E-state index < -0.39 is 0 Å². The zero-order chi connectivity index (χ0) is 14.1. The second kappa shape index (κ2) is 8.30. The van der Waals surface area contributed by atoms with Crippen molar-refractivity contribution in [1.82, 2.24) is 5.32 Å². The molecule has 0 aliphatic carbocycles. The number of rotatable bonds is 6. The van der Waals surface area contributed by atoms with E-state index in [1.165, 1.54) is 11.1 Å². The highest BCUT2D eigenvalue weighted by atomic mass is 16.1. The predicted molar refractivity (Wildman–Crippen MR) is 81.2 cm³/mol. The van der Waals surface area contributed by atoms with Crippen LogP contribution < -0.4 is 5.32 Å². The molecule has 1 N–H and O–H groups in total. The van der Waals surface area contributed by atoms with Gasteiger partial charge in [-0.2, -0.15) is 0 Å². The van der Waals surface area contributed by atoms with Crippen molar-refractivity contribution in [2.24, 2.45) is 0 Å². The van der Waals surface area contributed by atoms with Crippen LogP contribution in [0.3, 0.4) is 0 Å². The second-order valence-electron chi connectivity index (χ2n) is 4.95. The first-order valence-corrected chi connectivity index (χ1v) is 6.72. The molecule has 0 saturated carbocycles. The summed E-state index contributed by atoms with van der Waals surface area (Å²) in [4.78, 5) is 11.8. The van der Waals surface area contributed by atoms with Crippen molar-refractivity contribution in [2.75, 3.05) is 6.54 Å². The van der Waals surface area contributed by atoms with Crippen LogP contribution in [0.25, 0.3) is 0 Å². The van der Waals surface area contributed by atoms with Gasteiger partial charge in [-0.3, -0.25) is 4.79 Å². The zero-order valence-corrected chi connectivity index (χ0v) is 12.1. The van der Waals surface area contributed by atoms with Gasteiger partial charge in [0.2, 0.25) is 0 Å². The molecule has 0 unspecified atom stereocenters. The average Bonchev–Trinajstić information content (AvgIpc) is 2.39. The standard InChI is InChI=1S/C17H23NO/c1-14(2)8-7-9-15(3)12-13-18-17(19)16-10-5-4-6-11-16/h4-6,8,10-12H,7,9,13H2,1-3H3,(H,18,19). The van der Waals surface area contributed by atoms with E-state index in [9.17, 15) is 4.79 Å². The van der Waals surface area contributed by atoms with Crippen molar-refractivity contribution in [3.05, 3.63) is 59.2 Å². The van der Waals surface area contributed by atoms with E-state index in [4.69, 9.17) is 0 Å². The van der Waals surface area contributed by atoms with Gasteiger partial charge in [-0.05, 0) is 45.7 Å². The molecule has 19 heavy (non-hydrogen) atoms. The molecule has 2 nitrogen and oxygen atoms in total. The third-order valence-electron chi connectivity index (χ3n) is 2.84. The quantitative estimate of drug-likeness (QED) is 0.763. The van der Waals surface area contributed by atoms with E-state index in [-0.39, 0.29) is 5.91 Å². The molecule has 0 radical (unpaired) electrons. The molecular weight excluding hydrogens is 234 g/mol. The molecule has 1 rings (SSSR count). The molecule has 0 bridgehead atoms. The van der Waals surface area contributed by atoms with Crippen molar-refractivity contribution < 1.29 is 4.79 Å². The molecule has 0 aromatic heterocycles. The lowest BCUT2D eigenvalue weighted by Crippen LogP contribution is -2.23. The van der Waals surface area contributed by atoms with Gasteiger partial charge in [0, 0.05) is 12.1 Å². The van der Waals surface area contributed by atoms with Gasteiger partial charge < -0.3 is 5.32 Å². The van der Waals surface area contributed by atoms with Crippen LogP contribution in [0.15, 0.2) is 53.6 Å². The van der Waals surface area contributed by atoms with Crippen LogP contribution in [-0.4, -0.2) is 12.5 Å². The number of allylic oxidation sites excluding steroid dienone is 3. The monoisotopic (exact) mass is 257 g/mol. The molecule has 1 aromatic carbocycles. The molecule has 1 amide bonds. The number of hydrogen-bond donors (Lipinski definition) is 1. The van der Waals surface area contributed by atoms with Crippen LogP contribution >= 0.6 is 0 Å². The summed E-state index contributed by atoms with van der Waals surface area (Å²) in [5.41, 5.74) is 3.37. The minimum Gasteiger partial charge on any atom is -0.349 e. The minimum absolute atomic E-state index is 0.0195. The van der Waals surface area contributed by atoms with Crippen molar-refractivity contribution in [3.8, 4) is 0 Å². The summed E-state index contributed by atoms with van der Waals surface area (Å²) in [5, 5.41) is 2.90. The number of nitrogens with one attached hydrogen (secondary N) is 1. The molecule has 0 atom stereocenters. The number of carbonyl (C=O) groups excluding carboxylic acids is 1. The third-order valence-corrected chi connectivity index (χ3v) is 2.84. The maximum Gasteiger partial charge on any atom is 0.251 e. The molecule has 0 heterocycles. The summed E-state index contributed by atoms with van der Waals surface area (Å²) in [5.74, 6) is -0.0195. The Morgan fingerprint density at radius 3 is 2.42 bits per heavy atom. The summed E-state index contributed by atoms with van der Waals surface area (Å²) in [6, 6.07) is 9.29. The Hall–Kier alpha value is -1.83. The van der Waals surface area contributed by atoms with E-state index in [1.54, 1.807) is 0 Å². The van der Waals surface area contributed by atoms with Gasteiger partial charge in [0.1, 0.15) is 0 Å². The van der Waals surface area contributed by atoms with Crippen LogP contribution in [0.5, 0.6) is 0 Å².